The average Bonchev–Trinajstić information content (AvgIpc) is 2.26. The van der Waals surface area contributed by atoms with Crippen LogP contribution in [0.3, 0.4) is 0 Å². The summed E-state index contributed by atoms with van der Waals surface area (Å²) in [5.74, 6) is 0. The molecule has 1 aromatic carbocycles. The fourth-order valence-corrected chi connectivity index (χ4v) is 1.11. The molecule has 0 atom stereocenters. The predicted octanol–water partition coefficient (Wildman–Crippen LogP) is 3.28. The van der Waals surface area contributed by atoms with Gasteiger partial charge in [0.05, 0.1) is 6.21 Å². The molecule has 0 saturated carbocycles. The van der Waals surface area contributed by atoms with Crippen LogP contribution >= 0.6 is 0 Å². The number of hydrogen-bond acceptors (Lipinski definition) is 2. The second kappa shape index (κ2) is 6.08. The molecule has 74 valence electrons. The van der Waals surface area contributed by atoms with Crippen LogP contribution in [0, 0.1) is 0 Å². The van der Waals surface area contributed by atoms with Crippen molar-refractivity contribution in [3.8, 4) is 0 Å². The van der Waals surface area contributed by atoms with Crippen molar-refractivity contribution in [3.05, 3.63) is 35.9 Å². The summed E-state index contributed by atoms with van der Waals surface area (Å²) in [5, 5.41) is 8.19. The summed E-state index contributed by atoms with van der Waals surface area (Å²) in [6.07, 6.45) is 3.73. The highest BCUT2D eigenvalue weighted by atomic mass is 15.2. The minimum atomic E-state index is 0.975. The SMILES string of the molecule is CCC(CC)=N/N=C\c1ccccc1. The molecule has 0 saturated heterocycles. The van der Waals surface area contributed by atoms with Crippen LogP contribution in [0.15, 0.2) is 40.5 Å². The van der Waals surface area contributed by atoms with Gasteiger partial charge in [-0.2, -0.15) is 10.2 Å². The van der Waals surface area contributed by atoms with Gasteiger partial charge in [0.1, 0.15) is 0 Å². The summed E-state index contributed by atoms with van der Waals surface area (Å²) < 4.78 is 0. The zero-order valence-electron chi connectivity index (χ0n) is 8.77. The maximum absolute atomic E-state index is 4.14. The van der Waals surface area contributed by atoms with Gasteiger partial charge in [-0.05, 0) is 18.4 Å². The van der Waals surface area contributed by atoms with E-state index in [0.29, 0.717) is 0 Å². The molecule has 0 aliphatic rings. The molecule has 2 nitrogen and oxygen atoms in total. The molecule has 0 radical (unpaired) electrons. The molecule has 2 heteroatoms. The molecular weight excluding hydrogens is 172 g/mol. The van der Waals surface area contributed by atoms with Gasteiger partial charge < -0.3 is 0 Å². The third-order valence-corrected chi connectivity index (χ3v) is 2.02. The van der Waals surface area contributed by atoms with Crippen molar-refractivity contribution in [2.75, 3.05) is 0 Å². The van der Waals surface area contributed by atoms with Gasteiger partial charge in [-0.25, -0.2) is 0 Å². The summed E-state index contributed by atoms with van der Waals surface area (Å²) in [7, 11) is 0. The molecule has 0 bridgehead atoms. The Hall–Kier alpha value is -1.44. The first-order valence-corrected chi connectivity index (χ1v) is 5.00. The average molecular weight is 188 g/mol. The van der Waals surface area contributed by atoms with Crippen LogP contribution in [-0.2, 0) is 0 Å². The Morgan fingerprint density at radius 2 is 1.79 bits per heavy atom. The van der Waals surface area contributed by atoms with Crippen LogP contribution in [0.5, 0.6) is 0 Å². The third-order valence-electron chi connectivity index (χ3n) is 2.02. The first-order valence-electron chi connectivity index (χ1n) is 5.00. The summed E-state index contributed by atoms with van der Waals surface area (Å²) in [6, 6.07) is 9.99. The van der Waals surface area contributed by atoms with Crippen LogP contribution in [-0.4, -0.2) is 11.9 Å². The van der Waals surface area contributed by atoms with E-state index in [1.807, 2.05) is 30.3 Å². The zero-order valence-corrected chi connectivity index (χ0v) is 8.77. The van der Waals surface area contributed by atoms with Crippen molar-refractivity contribution in [1.82, 2.24) is 0 Å². The maximum Gasteiger partial charge on any atom is 0.0568 e. The lowest BCUT2D eigenvalue weighted by Gasteiger charge is -1.93. The summed E-state index contributed by atoms with van der Waals surface area (Å²) in [4.78, 5) is 0. The van der Waals surface area contributed by atoms with E-state index in [1.54, 1.807) is 6.21 Å². The van der Waals surface area contributed by atoms with Crippen molar-refractivity contribution in [3.63, 3.8) is 0 Å². The standard InChI is InChI=1S/C12H16N2/c1-3-12(4-2)14-13-10-11-8-6-5-7-9-11/h5-10H,3-4H2,1-2H3/b13-10-. The second-order valence-electron chi connectivity index (χ2n) is 3.03. The lowest BCUT2D eigenvalue weighted by atomic mass is 10.2. The highest BCUT2D eigenvalue weighted by Crippen LogP contribution is 1.96. The van der Waals surface area contributed by atoms with Crippen molar-refractivity contribution >= 4 is 11.9 Å². The summed E-state index contributed by atoms with van der Waals surface area (Å²) in [6.45, 7) is 4.20. The Labute approximate surface area is 85.4 Å². The van der Waals surface area contributed by atoms with Crippen LogP contribution in [0.4, 0.5) is 0 Å². The van der Waals surface area contributed by atoms with Crippen LogP contribution in [0.2, 0.25) is 0 Å². The molecule has 14 heavy (non-hydrogen) atoms. The minimum Gasteiger partial charge on any atom is -0.160 e. The summed E-state index contributed by atoms with van der Waals surface area (Å²) >= 11 is 0. The van der Waals surface area contributed by atoms with E-state index < -0.39 is 0 Å². The molecule has 0 aliphatic carbocycles. The number of rotatable bonds is 4. The highest BCUT2D eigenvalue weighted by Gasteiger charge is 1.88. The van der Waals surface area contributed by atoms with Gasteiger partial charge in [-0.3, -0.25) is 0 Å². The summed E-state index contributed by atoms with van der Waals surface area (Å²) in [5.41, 5.74) is 2.22. The van der Waals surface area contributed by atoms with Gasteiger partial charge in [0.15, 0.2) is 0 Å². The predicted molar refractivity (Wildman–Crippen MR) is 62.1 cm³/mol. The van der Waals surface area contributed by atoms with E-state index in [2.05, 4.69) is 24.1 Å². The number of hydrogen-bond donors (Lipinski definition) is 0. The van der Waals surface area contributed by atoms with Crippen LogP contribution in [0.1, 0.15) is 32.3 Å². The smallest absolute Gasteiger partial charge is 0.0568 e. The third kappa shape index (κ3) is 3.52. The molecule has 0 aliphatic heterocycles. The first-order chi connectivity index (χ1) is 6.86. The normalized spacial score (nSPS) is 10.4. The van der Waals surface area contributed by atoms with Crippen molar-refractivity contribution < 1.29 is 0 Å². The van der Waals surface area contributed by atoms with Crippen LogP contribution in [0.25, 0.3) is 0 Å². The minimum absolute atomic E-state index is 0.975. The van der Waals surface area contributed by atoms with Gasteiger partial charge >= 0.3 is 0 Å². The quantitative estimate of drug-likeness (QED) is 0.511. The number of benzene rings is 1. The van der Waals surface area contributed by atoms with E-state index in [9.17, 15) is 0 Å². The van der Waals surface area contributed by atoms with Gasteiger partial charge in [-0.1, -0.05) is 44.2 Å². The van der Waals surface area contributed by atoms with Crippen LogP contribution < -0.4 is 0 Å². The largest absolute Gasteiger partial charge is 0.160 e. The lowest BCUT2D eigenvalue weighted by Crippen LogP contribution is -1.91. The topological polar surface area (TPSA) is 24.7 Å². The Kier molecular flexibility index (Phi) is 4.62. The van der Waals surface area contributed by atoms with E-state index in [4.69, 9.17) is 0 Å². The van der Waals surface area contributed by atoms with E-state index in [-0.39, 0.29) is 0 Å². The molecule has 0 fully saturated rings. The molecule has 0 amide bonds. The van der Waals surface area contributed by atoms with Gasteiger partial charge in [0, 0.05) is 5.71 Å². The van der Waals surface area contributed by atoms with Gasteiger partial charge in [0.25, 0.3) is 0 Å². The zero-order chi connectivity index (χ0) is 10.2. The maximum atomic E-state index is 4.14. The Bertz CT molecular complexity index is 306. The van der Waals surface area contributed by atoms with Gasteiger partial charge in [0.2, 0.25) is 0 Å². The lowest BCUT2D eigenvalue weighted by molar-refractivity contribution is 1.10. The van der Waals surface area contributed by atoms with E-state index in [0.717, 1.165) is 24.1 Å². The van der Waals surface area contributed by atoms with Crippen molar-refractivity contribution in [1.29, 1.82) is 0 Å². The molecule has 0 spiro atoms. The second-order valence-corrected chi connectivity index (χ2v) is 3.03. The Balaban J connectivity index is 2.61. The monoisotopic (exact) mass is 188 g/mol. The Morgan fingerprint density at radius 1 is 1.14 bits per heavy atom. The highest BCUT2D eigenvalue weighted by molar-refractivity contribution is 5.85. The van der Waals surface area contributed by atoms with Gasteiger partial charge in [-0.15, -0.1) is 0 Å². The first kappa shape index (κ1) is 10.6. The molecule has 1 rings (SSSR count). The fourth-order valence-electron chi connectivity index (χ4n) is 1.11. The van der Waals surface area contributed by atoms with E-state index >= 15 is 0 Å². The van der Waals surface area contributed by atoms with Crippen molar-refractivity contribution in [2.45, 2.75) is 26.7 Å². The fraction of sp³-hybridized carbons (Fsp3) is 0.333. The molecule has 0 unspecified atom stereocenters. The van der Waals surface area contributed by atoms with E-state index in [1.165, 1.54) is 0 Å². The number of nitrogens with zero attached hydrogens (tertiary/aromatic N) is 2. The molecule has 1 aromatic rings. The molecule has 0 aromatic heterocycles. The Morgan fingerprint density at radius 3 is 2.36 bits per heavy atom. The van der Waals surface area contributed by atoms with Crippen molar-refractivity contribution in [2.24, 2.45) is 10.2 Å². The molecular formula is C12H16N2. The molecule has 0 N–H and O–H groups in total. The molecule has 0 heterocycles.